The van der Waals surface area contributed by atoms with Crippen LogP contribution in [0.2, 0.25) is 5.02 Å². The molecule has 1 atom stereocenters. The Morgan fingerprint density at radius 3 is 2.36 bits per heavy atom. The highest BCUT2D eigenvalue weighted by molar-refractivity contribution is 6.30. The van der Waals surface area contributed by atoms with Crippen molar-refractivity contribution in [2.75, 3.05) is 6.61 Å². The van der Waals surface area contributed by atoms with Crippen LogP contribution in [0.25, 0.3) is 0 Å². The first-order chi connectivity index (χ1) is 10.2. The highest BCUT2D eigenvalue weighted by Crippen LogP contribution is 2.10. The molecule has 0 aliphatic rings. The Kier molecular flexibility index (Phi) is 6.64. The van der Waals surface area contributed by atoms with Crippen molar-refractivity contribution < 1.29 is 24.2 Å². The van der Waals surface area contributed by atoms with Crippen molar-refractivity contribution in [2.45, 2.75) is 39.0 Å². The molecule has 0 bridgehead atoms. The average molecular weight is 330 g/mol. The molecule has 1 aromatic carbocycles. The van der Waals surface area contributed by atoms with E-state index in [-0.39, 0.29) is 13.2 Å². The van der Waals surface area contributed by atoms with E-state index in [1.165, 1.54) is 0 Å². The van der Waals surface area contributed by atoms with Crippen molar-refractivity contribution in [3.8, 4) is 0 Å². The number of ether oxygens (including phenoxy) is 2. The highest BCUT2D eigenvalue weighted by atomic mass is 35.5. The first-order valence-electron chi connectivity index (χ1n) is 6.72. The molecule has 0 aromatic heterocycles. The Morgan fingerprint density at radius 1 is 1.27 bits per heavy atom. The number of halogens is 1. The molecule has 6 nitrogen and oxygen atoms in total. The van der Waals surface area contributed by atoms with Gasteiger partial charge in [0.25, 0.3) is 0 Å². The number of aliphatic carboxylic acids is 1. The average Bonchev–Trinajstić information content (AvgIpc) is 2.37. The van der Waals surface area contributed by atoms with E-state index >= 15 is 0 Å². The van der Waals surface area contributed by atoms with Crippen molar-refractivity contribution >= 4 is 23.7 Å². The summed E-state index contributed by atoms with van der Waals surface area (Å²) in [6.45, 7) is 5.13. The summed E-state index contributed by atoms with van der Waals surface area (Å²) in [5.74, 6) is -1.19. The van der Waals surface area contributed by atoms with Gasteiger partial charge in [0.2, 0.25) is 0 Å². The van der Waals surface area contributed by atoms with E-state index < -0.39 is 23.7 Å². The van der Waals surface area contributed by atoms with E-state index in [0.29, 0.717) is 5.02 Å². The highest BCUT2D eigenvalue weighted by Gasteiger charge is 2.24. The lowest BCUT2D eigenvalue weighted by molar-refractivity contribution is -0.141. The molecule has 7 heteroatoms. The molecule has 0 aliphatic carbocycles. The molecule has 0 heterocycles. The molecule has 0 aliphatic heterocycles. The van der Waals surface area contributed by atoms with E-state index in [9.17, 15) is 9.59 Å². The minimum Gasteiger partial charge on any atom is -0.480 e. The standard InChI is InChI=1S/C15H20ClNO5/c1-15(2,3)22-14(20)17-12(13(18)19)9-21-8-10-4-6-11(16)7-5-10/h4-7,12H,8-9H2,1-3H3,(H,17,20)(H,18,19)/t12-/m1/s1. The maximum Gasteiger partial charge on any atom is 0.408 e. The lowest BCUT2D eigenvalue weighted by Crippen LogP contribution is -2.46. The molecular weight excluding hydrogens is 310 g/mol. The van der Waals surface area contributed by atoms with Crippen LogP contribution < -0.4 is 5.32 Å². The topological polar surface area (TPSA) is 84.9 Å². The summed E-state index contributed by atoms with van der Waals surface area (Å²) in [4.78, 5) is 22.7. The van der Waals surface area contributed by atoms with Crippen molar-refractivity contribution in [3.05, 3.63) is 34.9 Å². The Morgan fingerprint density at radius 2 is 1.86 bits per heavy atom. The smallest absolute Gasteiger partial charge is 0.408 e. The van der Waals surface area contributed by atoms with Crippen LogP contribution >= 0.6 is 11.6 Å². The second-order valence-corrected chi connectivity index (χ2v) is 6.12. The Balaban J connectivity index is 2.46. The number of carbonyl (C=O) groups excluding carboxylic acids is 1. The zero-order valence-corrected chi connectivity index (χ0v) is 13.5. The minimum absolute atomic E-state index is 0.169. The van der Waals surface area contributed by atoms with E-state index in [0.717, 1.165) is 5.56 Å². The Bertz CT molecular complexity index is 510. The fourth-order valence-corrected chi connectivity index (χ4v) is 1.63. The molecule has 0 saturated heterocycles. The van der Waals surface area contributed by atoms with Crippen molar-refractivity contribution in [1.29, 1.82) is 0 Å². The molecule has 0 saturated carbocycles. The second kappa shape index (κ2) is 8.00. The maximum absolute atomic E-state index is 11.6. The molecule has 1 rings (SSSR count). The molecule has 1 aromatic rings. The van der Waals surface area contributed by atoms with E-state index in [4.69, 9.17) is 26.2 Å². The van der Waals surface area contributed by atoms with Gasteiger partial charge >= 0.3 is 12.1 Å². The van der Waals surface area contributed by atoms with Gasteiger partial charge in [0, 0.05) is 5.02 Å². The number of alkyl carbamates (subject to hydrolysis) is 1. The van der Waals surface area contributed by atoms with Gasteiger partial charge in [0.05, 0.1) is 13.2 Å². The zero-order valence-electron chi connectivity index (χ0n) is 12.8. The lowest BCUT2D eigenvalue weighted by Gasteiger charge is -2.22. The van der Waals surface area contributed by atoms with E-state index in [1.54, 1.807) is 45.0 Å². The summed E-state index contributed by atoms with van der Waals surface area (Å²) < 4.78 is 10.3. The fraction of sp³-hybridized carbons (Fsp3) is 0.467. The van der Waals surface area contributed by atoms with Gasteiger partial charge in [-0.2, -0.15) is 0 Å². The number of nitrogens with one attached hydrogen (secondary N) is 1. The van der Waals surface area contributed by atoms with Gasteiger partial charge in [-0.25, -0.2) is 9.59 Å². The number of amides is 1. The molecule has 0 spiro atoms. The molecule has 1 amide bonds. The van der Waals surface area contributed by atoms with Crippen LogP contribution in [0.5, 0.6) is 0 Å². The van der Waals surface area contributed by atoms with Gasteiger partial charge in [-0.05, 0) is 38.5 Å². The summed E-state index contributed by atoms with van der Waals surface area (Å²) in [5.41, 5.74) is 0.155. The van der Waals surface area contributed by atoms with E-state index in [1.807, 2.05) is 0 Å². The largest absolute Gasteiger partial charge is 0.480 e. The van der Waals surface area contributed by atoms with Crippen LogP contribution in [-0.2, 0) is 20.9 Å². The van der Waals surface area contributed by atoms with Crippen LogP contribution in [0.1, 0.15) is 26.3 Å². The molecule has 2 N–H and O–H groups in total. The van der Waals surface area contributed by atoms with Crippen LogP contribution in [0, 0.1) is 0 Å². The van der Waals surface area contributed by atoms with Gasteiger partial charge in [-0.15, -0.1) is 0 Å². The number of hydrogen-bond donors (Lipinski definition) is 2. The predicted octanol–water partition coefficient (Wildman–Crippen LogP) is 2.83. The fourth-order valence-electron chi connectivity index (χ4n) is 1.50. The van der Waals surface area contributed by atoms with Gasteiger partial charge < -0.3 is 19.9 Å². The summed E-state index contributed by atoms with van der Waals surface area (Å²) in [5, 5.41) is 12.0. The Hall–Kier alpha value is -1.79. The molecule has 22 heavy (non-hydrogen) atoms. The quantitative estimate of drug-likeness (QED) is 0.838. The number of carboxylic acids is 1. The number of benzene rings is 1. The SMILES string of the molecule is CC(C)(C)OC(=O)N[C@H](COCc1ccc(Cl)cc1)C(=O)O. The first-order valence-corrected chi connectivity index (χ1v) is 7.09. The van der Waals surface area contributed by atoms with Crippen LogP contribution in [0.15, 0.2) is 24.3 Å². The van der Waals surface area contributed by atoms with Gasteiger partial charge in [-0.1, -0.05) is 23.7 Å². The van der Waals surface area contributed by atoms with Crippen LogP contribution in [0.4, 0.5) is 4.79 Å². The molecule has 0 unspecified atom stereocenters. The van der Waals surface area contributed by atoms with Gasteiger partial charge in [0.1, 0.15) is 5.60 Å². The van der Waals surface area contributed by atoms with Crippen molar-refractivity contribution in [3.63, 3.8) is 0 Å². The molecule has 122 valence electrons. The van der Waals surface area contributed by atoms with Crippen molar-refractivity contribution in [1.82, 2.24) is 5.32 Å². The summed E-state index contributed by atoms with van der Waals surface area (Å²) in [6.07, 6.45) is -0.796. The normalized spacial score (nSPS) is 12.5. The number of carbonyl (C=O) groups is 2. The van der Waals surface area contributed by atoms with Gasteiger partial charge in [0.15, 0.2) is 6.04 Å². The molecular formula is C15H20ClNO5. The third-order valence-electron chi connectivity index (χ3n) is 2.46. The van der Waals surface area contributed by atoms with E-state index in [2.05, 4.69) is 5.32 Å². The third kappa shape index (κ3) is 7.28. The Labute approximate surface area is 134 Å². The number of rotatable bonds is 6. The number of carboxylic acid groups (broad SMARTS) is 1. The van der Waals surface area contributed by atoms with Crippen LogP contribution in [0.3, 0.4) is 0 Å². The maximum atomic E-state index is 11.6. The number of hydrogen-bond acceptors (Lipinski definition) is 4. The molecule has 0 radical (unpaired) electrons. The molecule has 0 fully saturated rings. The monoisotopic (exact) mass is 329 g/mol. The zero-order chi connectivity index (χ0) is 16.8. The predicted molar refractivity (Wildman–Crippen MR) is 81.9 cm³/mol. The van der Waals surface area contributed by atoms with Gasteiger partial charge in [-0.3, -0.25) is 0 Å². The first kappa shape index (κ1) is 18.3. The second-order valence-electron chi connectivity index (χ2n) is 5.68. The summed E-state index contributed by atoms with van der Waals surface area (Å²) in [7, 11) is 0. The minimum atomic E-state index is -1.19. The van der Waals surface area contributed by atoms with Crippen molar-refractivity contribution in [2.24, 2.45) is 0 Å². The summed E-state index contributed by atoms with van der Waals surface area (Å²) in [6, 6.07) is 5.81. The van der Waals surface area contributed by atoms with Crippen LogP contribution in [-0.4, -0.2) is 35.4 Å². The lowest BCUT2D eigenvalue weighted by atomic mass is 10.2. The third-order valence-corrected chi connectivity index (χ3v) is 2.71. The summed E-state index contributed by atoms with van der Waals surface area (Å²) >= 11 is 5.77.